The number of fused-ring (bicyclic) bond motifs is 2. The fourth-order valence-electron chi connectivity index (χ4n) is 18.3. The maximum Gasteiger partial charge on any atom is 2.00 e. The minimum absolute atomic E-state index is 0. The van der Waals surface area contributed by atoms with Gasteiger partial charge in [-0.25, -0.2) is 24.3 Å². The summed E-state index contributed by atoms with van der Waals surface area (Å²) in [6.07, 6.45) is 42.6. The normalized spacial score (nSPS) is 21.3. The van der Waals surface area contributed by atoms with Gasteiger partial charge in [0.25, 0.3) is 0 Å². The monoisotopic (exact) mass is 2210 g/mol. The molecule has 5 fully saturated rings. The molecule has 0 spiro atoms. The Hall–Kier alpha value is -3.02. The van der Waals surface area contributed by atoms with Crippen molar-refractivity contribution in [3.63, 3.8) is 0 Å². The number of likely N-dealkylation sites (tertiary alicyclic amines) is 4. The molecule has 0 amide bonds. The molecule has 8 heteroatoms. The van der Waals surface area contributed by atoms with Crippen molar-refractivity contribution < 1.29 is 42.1 Å². The maximum atomic E-state index is 3.36. The van der Waals surface area contributed by atoms with Gasteiger partial charge < -0.3 is 35.4 Å². The Kier molecular flexibility index (Phi) is 49.0. The van der Waals surface area contributed by atoms with Crippen LogP contribution in [-0.4, -0.2) is 141 Å². The van der Waals surface area contributed by atoms with E-state index in [1.54, 1.807) is 0 Å². The number of piperidine rings is 2. The van der Waals surface area contributed by atoms with Crippen molar-refractivity contribution in [2.24, 2.45) is 89.7 Å². The van der Waals surface area contributed by atoms with Crippen LogP contribution in [0.1, 0.15) is 435 Å². The van der Waals surface area contributed by atoms with Crippen LogP contribution in [0, 0.1) is 114 Å². The molecule has 4 atom stereocenters. The molecule has 2 aromatic carbocycles. The third kappa shape index (κ3) is 47.9. The summed E-state index contributed by atoms with van der Waals surface area (Å²) in [6.45, 7) is 139. The number of allylic oxidation sites excluding steroid dienone is 18. The van der Waals surface area contributed by atoms with Gasteiger partial charge in [-0.15, -0.1) is 34.1 Å². The molecule has 136 heavy (non-hydrogen) atoms. The van der Waals surface area contributed by atoms with Crippen LogP contribution < -0.4 is 0 Å². The maximum absolute atomic E-state index is 3.36. The Morgan fingerprint density at radius 3 is 0.676 bits per heavy atom. The Labute approximate surface area is 878 Å². The van der Waals surface area contributed by atoms with Gasteiger partial charge in [0.1, 0.15) is 0 Å². The molecule has 5 saturated heterocycles. The predicted molar refractivity (Wildman–Crippen MR) is 601 cm³/mol. The first-order chi connectivity index (χ1) is 59.8. The summed E-state index contributed by atoms with van der Waals surface area (Å²) in [5, 5.41) is 0. The van der Waals surface area contributed by atoms with E-state index < -0.39 is 0 Å². The van der Waals surface area contributed by atoms with Crippen LogP contribution >= 0.6 is 0 Å². The van der Waals surface area contributed by atoms with Crippen molar-refractivity contribution in [1.82, 2.24) is 29.4 Å². The Balaban J connectivity index is 0.000000765. The first-order valence-corrected chi connectivity index (χ1v) is 53.2. The second-order valence-electron chi connectivity index (χ2n) is 60.0. The van der Waals surface area contributed by atoms with Crippen molar-refractivity contribution in [2.45, 2.75) is 456 Å². The van der Waals surface area contributed by atoms with E-state index in [1.165, 1.54) is 162 Å². The van der Waals surface area contributed by atoms with Gasteiger partial charge in [-0.05, 0) is 314 Å². The van der Waals surface area contributed by atoms with E-state index in [2.05, 4.69) is 513 Å². The zero-order chi connectivity index (χ0) is 104. The van der Waals surface area contributed by atoms with E-state index in [1.807, 2.05) is 24.3 Å². The third-order valence-electron chi connectivity index (χ3n) is 29.1. The number of benzene rings is 2. The zero-order valence-corrected chi connectivity index (χ0v) is 106. The Bertz CT molecular complexity index is 3780. The molecule has 4 aliphatic carbocycles. The van der Waals surface area contributed by atoms with Crippen molar-refractivity contribution in [3.05, 3.63) is 177 Å². The van der Waals surface area contributed by atoms with Crippen molar-refractivity contribution in [3.8, 4) is 0 Å². The van der Waals surface area contributed by atoms with Crippen LogP contribution in [0.2, 0.25) is 0 Å². The molecular weight excluding hydrogens is 1990 g/mol. The number of hydrogen-bond acceptors (Lipinski definition) is 6. The first-order valence-electron chi connectivity index (χ1n) is 53.2. The summed E-state index contributed by atoms with van der Waals surface area (Å²) >= 11 is 0. The summed E-state index contributed by atoms with van der Waals surface area (Å²) in [5.41, 5.74) is 19.3. The second-order valence-corrected chi connectivity index (χ2v) is 60.0. The molecule has 776 valence electrons. The fourth-order valence-corrected chi connectivity index (χ4v) is 18.3. The number of hydrogen-bond donors (Lipinski definition) is 0. The molecule has 5 heterocycles. The molecule has 0 bridgehead atoms. The zero-order valence-electron chi connectivity index (χ0n) is 100. The molecule has 0 aromatic heterocycles. The summed E-state index contributed by atoms with van der Waals surface area (Å²) in [4.78, 5) is 15.6. The topological polar surface area (TPSA) is 19.4 Å². The first kappa shape index (κ1) is 131. The molecule has 6 nitrogen and oxygen atoms in total. The Morgan fingerprint density at radius 1 is 0.265 bits per heavy atom. The molecule has 0 N–H and O–H groups in total. The number of nitrogens with zero attached hydrogens (tertiary/aromatic N) is 6. The van der Waals surface area contributed by atoms with Crippen molar-refractivity contribution in [1.29, 1.82) is 0 Å². The average molecular weight is 2210 g/mol. The molecule has 5 aliphatic heterocycles. The van der Waals surface area contributed by atoms with Gasteiger partial charge in [-0.1, -0.05) is 310 Å². The molecule has 9 aliphatic rings. The van der Waals surface area contributed by atoms with Crippen molar-refractivity contribution in [2.75, 3.05) is 78.5 Å². The van der Waals surface area contributed by atoms with Crippen LogP contribution in [0.3, 0.4) is 0 Å². The molecule has 0 saturated carbocycles. The van der Waals surface area contributed by atoms with E-state index in [0.717, 1.165) is 34.8 Å². The van der Waals surface area contributed by atoms with Crippen LogP contribution in [0.5, 0.6) is 0 Å². The van der Waals surface area contributed by atoms with Crippen molar-refractivity contribution >= 4 is 12.2 Å². The van der Waals surface area contributed by atoms with Gasteiger partial charge in [0.05, 0.1) is 0 Å². The fraction of sp³-hybridized carbons (Fsp3) is 0.750. The summed E-state index contributed by atoms with van der Waals surface area (Å²) in [6, 6.07) is 19.1. The molecule has 4 unspecified atom stereocenters. The van der Waals surface area contributed by atoms with E-state index in [9.17, 15) is 0 Å². The summed E-state index contributed by atoms with van der Waals surface area (Å²) < 4.78 is 0. The molecular formula is C128H222N6W2. The van der Waals surface area contributed by atoms with E-state index >= 15 is 0 Å². The standard InChI is InChI=1S/2C17H24.2C16H22.2C13H27N.C12H26N2.2C12H25N.2W/c2*1-16(2,3)14-8-7-12-9-15(17(4,5)6)11-13(12)10-14;2*1-15(2,3)11-10-13-8-7-9-14(12-13)16(4,5)6;2*1-12(2,3)11-7-9-14(10-8-11)13(4,5)6;1-11(2,3)13-7-9-14(10-8-13)12(4,5)6;2*1-11(2,3)10-7-8-13(9-10)12(4,5)6;;/h2*7-12H,1-6H3;2*7,9-10,12H,1-6H3;2*11H,7-10H2,1-6H3;7-10H2,1-6H3;2*10H,7-9H2,1-6H3;;/q;;2*-2;;;;;;2*+2. The third-order valence-corrected chi connectivity index (χ3v) is 29.1. The van der Waals surface area contributed by atoms with Crippen LogP contribution in [0.4, 0.5) is 0 Å². The van der Waals surface area contributed by atoms with Gasteiger partial charge in [0.2, 0.25) is 0 Å². The average Bonchev–Trinajstić information content (AvgIpc) is 1.62. The molecule has 2 aromatic rings. The minimum Gasteiger partial charge on any atom is -0.321 e. The SMILES string of the molecule is CC(C)(C)C1=CC2=CC(C(C)(C)C)=CC2C=C1.CC(C)(C)C1=CC2=CC(C(C)(C)C)=CC2C=C1.CC(C)(C)C1CCN(C(C)(C)C)C1.CC(C)(C)C1CCN(C(C)(C)C)C1.CC(C)(C)C1CCN(C(C)(C)C)CC1.CC(C)(C)C1CCN(C(C)(C)C)CC1.CC(C)(C)N1CCN(C(C)(C)C)CC1.CC(C)(C)[C-]=Cc1[c-]ccc(C(C)(C)C)c1.CC(C)(C)[C-]=Cc1[c-]ccc(C(C)(C)C)c1.[W+2].[W+2]. The number of rotatable bonds is 2. The summed E-state index contributed by atoms with van der Waals surface area (Å²) in [7, 11) is 0. The molecule has 11 rings (SSSR count). The van der Waals surface area contributed by atoms with E-state index in [-0.39, 0.29) is 85.5 Å². The van der Waals surface area contributed by atoms with Gasteiger partial charge in [0.15, 0.2) is 0 Å². The smallest absolute Gasteiger partial charge is 0.321 e. The minimum atomic E-state index is 0. The van der Waals surface area contributed by atoms with Gasteiger partial charge in [-0.3, -0.25) is 29.4 Å². The van der Waals surface area contributed by atoms with Crippen LogP contribution in [-0.2, 0) is 53.0 Å². The van der Waals surface area contributed by atoms with Crippen LogP contribution in [0.25, 0.3) is 12.2 Å². The largest absolute Gasteiger partial charge is 2.00 e. The summed E-state index contributed by atoms with van der Waals surface area (Å²) in [5.74, 6) is 4.62. The Morgan fingerprint density at radius 2 is 0.485 bits per heavy atom. The van der Waals surface area contributed by atoms with Gasteiger partial charge in [0, 0.05) is 84.3 Å². The van der Waals surface area contributed by atoms with Gasteiger partial charge >= 0.3 is 42.1 Å². The quantitative estimate of drug-likeness (QED) is 0.277. The van der Waals surface area contributed by atoms with E-state index in [4.69, 9.17) is 0 Å². The number of piperazine rings is 1. The second kappa shape index (κ2) is 50.9. The van der Waals surface area contributed by atoms with E-state index in [0.29, 0.717) is 66.7 Å². The molecule has 0 radical (unpaired) electrons. The predicted octanol–water partition coefficient (Wildman–Crippen LogP) is 35.0. The van der Waals surface area contributed by atoms with Crippen LogP contribution in [0.15, 0.2) is 131 Å². The van der Waals surface area contributed by atoms with Gasteiger partial charge in [-0.2, -0.15) is 12.1 Å².